The lowest BCUT2D eigenvalue weighted by Crippen LogP contribution is -2.32. The maximum absolute atomic E-state index is 12.5. The Kier molecular flexibility index (Phi) is 4.43. The van der Waals surface area contributed by atoms with E-state index in [0.717, 1.165) is 41.2 Å². The minimum atomic E-state index is 0.155. The normalized spacial score (nSPS) is 24.4. The van der Waals surface area contributed by atoms with Crippen LogP contribution in [0.15, 0.2) is 42.5 Å². The number of rotatable bonds is 4. The molecule has 0 saturated heterocycles. The van der Waals surface area contributed by atoms with Crippen LogP contribution < -0.4 is 10.6 Å². The summed E-state index contributed by atoms with van der Waals surface area (Å²) < 4.78 is 0. The molecule has 3 unspecified atom stereocenters. The van der Waals surface area contributed by atoms with Gasteiger partial charge >= 0.3 is 0 Å². The van der Waals surface area contributed by atoms with Gasteiger partial charge in [0, 0.05) is 34.8 Å². The van der Waals surface area contributed by atoms with Gasteiger partial charge in [-0.25, -0.2) is 0 Å². The third-order valence-electron chi connectivity index (χ3n) is 5.71. The Hall–Kier alpha value is -2.00. The Balaban J connectivity index is 1.56. The second-order valence-corrected chi connectivity index (χ2v) is 7.59. The smallest absolute Gasteiger partial charge is 0.228 e. The Morgan fingerprint density at radius 1 is 1.20 bits per heavy atom. The molecule has 2 aliphatic rings. The summed E-state index contributed by atoms with van der Waals surface area (Å²) in [6, 6.07) is 14.2. The molecule has 2 aromatic rings. The van der Waals surface area contributed by atoms with Gasteiger partial charge in [0.1, 0.15) is 0 Å². The number of carbonyl (C=O) groups excluding carboxylic acids is 1. The zero-order valence-electron chi connectivity index (χ0n) is 14.4. The number of fused-ring (bicyclic) bond motifs is 3. The minimum absolute atomic E-state index is 0.155. The molecule has 1 aliphatic carbocycles. The number of hydrogen-bond donors (Lipinski definition) is 2. The molecule has 3 atom stereocenters. The lowest BCUT2D eigenvalue weighted by Gasteiger charge is -2.31. The van der Waals surface area contributed by atoms with Gasteiger partial charge in [-0.2, -0.15) is 0 Å². The summed E-state index contributed by atoms with van der Waals surface area (Å²) in [6.45, 7) is 2.94. The lowest BCUT2D eigenvalue weighted by atomic mass is 9.78. The first-order valence-electron chi connectivity index (χ1n) is 9.09. The molecule has 0 bridgehead atoms. The van der Waals surface area contributed by atoms with Crippen molar-refractivity contribution in [2.45, 2.75) is 38.6 Å². The van der Waals surface area contributed by atoms with Crippen molar-refractivity contribution in [3.63, 3.8) is 0 Å². The highest BCUT2D eigenvalue weighted by Gasteiger charge is 2.44. The maximum atomic E-state index is 12.5. The molecule has 130 valence electrons. The third-order valence-corrected chi connectivity index (χ3v) is 5.94. The largest absolute Gasteiger partial charge is 0.381 e. The molecule has 1 heterocycles. The molecule has 0 radical (unpaired) electrons. The van der Waals surface area contributed by atoms with E-state index in [1.165, 1.54) is 5.56 Å². The van der Waals surface area contributed by atoms with Crippen LogP contribution in [0.3, 0.4) is 0 Å². The van der Waals surface area contributed by atoms with E-state index in [0.29, 0.717) is 18.4 Å². The summed E-state index contributed by atoms with van der Waals surface area (Å²) in [7, 11) is 0. The van der Waals surface area contributed by atoms with Gasteiger partial charge in [-0.3, -0.25) is 4.79 Å². The van der Waals surface area contributed by atoms with Crippen molar-refractivity contribution in [2.75, 3.05) is 10.6 Å². The van der Waals surface area contributed by atoms with Crippen molar-refractivity contribution in [1.29, 1.82) is 0 Å². The van der Waals surface area contributed by atoms with Gasteiger partial charge in [0.15, 0.2) is 0 Å². The van der Waals surface area contributed by atoms with E-state index >= 15 is 0 Å². The predicted octanol–water partition coefficient (Wildman–Crippen LogP) is 5.42. The summed E-state index contributed by atoms with van der Waals surface area (Å²) in [6.07, 6.45) is 3.32. The van der Waals surface area contributed by atoms with Gasteiger partial charge in [0.25, 0.3) is 0 Å². The van der Waals surface area contributed by atoms with Crippen molar-refractivity contribution in [2.24, 2.45) is 11.8 Å². The highest BCUT2D eigenvalue weighted by Crippen LogP contribution is 2.51. The number of anilines is 2. The van der Waals surface area contributed by atoms with Gasteiger partial charge in [-0.05, 0) is 54.2 Å². The van der Waals surface area contributed by atoms with Crippen LogP contribution in [0, 0.1) is 11.8 Å². The van der Waals surface area contributed by atoms with Crippen LogP contribution in [-0.4, -0.2) is 5.91 Å². The molecule has 25 heavy (non-hydrogen) atoms. The molecule has 4 rings (SSSR count). The molecule has 1 aliphatic heterocycles. The van der Waals surface area contributed by atoms with E-state index in [-0.39, 0.29) is 11.8 Å². The van der Waals surface area contributed by atoms with Gasteiger partial charge in [-0.1, -0.05) is 43.1 Å². The van der Waals surface area contributed by atoms with Crippen molar-refractivity contribution in [1.82, 2.24) is 0 Å². The number of hydrogen-bond acceptors (Lipinski definition) is 2. The zero-order valence-corrected chi connectivity index (χ0v) is 15.1. The number of nitrogens with one attached hydrogen (secondary N) is 2. The Labute approximate surface area is 153 Å². The number of amides is 1. The molecular formula is C21H23ClN2O. The standard InChI is InChI=1S/C21H23ClN2O/c1-2-14-6-8-18-20(14)17-9-7-16(11-19(17)24-21(18)25)23-12-13-4-3-5-15(22)10-13/h3-5,7,9-11,14,18,20,23H,2,6,8,12H2,1H3,(H,24,25). The fourth-order valence-corrected chi connectivity index (χ4v) is 4.66. The second kappa shape index (κ2) is 6.72. The molecule has 4 heteroatoms. The summed E-state index contributed by atoms with van der Waals surface area (Å²) in [5.74, 6) is 1.36. The first-order valence-corrected chi connectivity index (χ1v) is 9.46. The third kappa shape index (κ3) is 3.13. The zero-order chi connectivity index (χ0) is 17.4. The number of halogens is 1. The molecule has 1 fully saturated rings. The van der Waals surface area contributed by atoms with Crippen LogP contribution in [0.5, 0.6) is 0 Å². The molecule has 1 saturated carbocycles. The topological polar surface area (TPSA) is 41.1 Å². The van der Waals surface area contributed by atoms with E-state index in [4.69, 9.17) is 11.6 Å². The SMILES string of the molecule is CCC1CCC2C(=O)Nc3cc(NCc4cccc(Cl)c4)ccc3C12. The van der Waals surface area contributed by atoms with E-state index in [9.17, 15) is 4.79 Å². The molecule has 2 aromatic carbocycles. The Morgan fingerprint density at radius 3 is 2.88 bits per heavy atom. The summed E-state index contributed by atoms with van der Waals surface area (Å²) in [5.41, 5.74) is 4.43. The highest BCUT2D eigenvalue weighted by atomic mass is 35.5. The molecule has 0 aromatic heterocycles. The second-order valence-electron chi connectivity index (χ2n) is 7.15. The average molecular weight is 355 g/mol. The van der Waals surface area contributed by atoms with Crippen molar-refractivity contribution < 1.29 is 4.79 Å². The molecule has 2 N–H and O–H groups in total. The van der Waals surface area contributed by atoms with Crippen molar-refractivity contribution in [3.05, 3.63) is 58.6 Å². The molecular weight excluding hydrogens is 332 g/mol. The average Bonchev–Trinajstić information content (AvgIpc) is 3.05. The monoisotopic (exact) mass is 354 g/mol. The molecule has 3 nitrogen and oxygen atoms in total. The van der Waals surface area contributed by atoms with Gasteiger partial charge in [0.2, 0.25) is 5.91 Å². The lowest BCUT2D eigenvalue weighted by molar-refractivity contribution is -0.120. The van der Waals surface area contributed by atoms with Crippen LogP contribution >= 0.6 is 11.6 Å². The quantitative estimate of drug-likeness (QED) is 0.769. The van der Waals surface area contributed by atoms with E-state index in [1.54, 1.807) is 0 Å². The van der Waals surface area contributed by atoms with Crippen LogP contribution in [-0.2, 0) is 11.3 Å². The van der Waals surface area contributed by atoms with Crippen molar-refractivity contribution >= 4 is 28.9 Å². The Morgan fingerprint density at radius 2 is 2.08 bits per heavy atom. The van der Waals surface area contributed by atoms with Crippen LogP contribution in [0.25, 0.3) is 0 Å². The molecule has 0 spiro atoms. The summed E-state index contributed by atoms with van der Waals surface area (Å²) in [4.78, 5) is 12.5. The van der Waals surface area contributed by atoms with E-state index in [2.05, 4.69) is 35.8 Å². The Bertz CT molecular complexity index is 804. The van der Waals surface area contributed by atoms with Gasteiger partial charge in [-0.15, -0.1) is 0 Å². The minimum Gasteiger partial charge on any atom is -0.381 e. The summed E-state index contributed by atoms with van der Waals surface area (Å²) >= 11 is 6.04. The van der Waals surface area contributed by atoms with E-state index < -0.39 is 0 Å². The summed E-state index contributed by atoms with van der Waals surface area (Å²) in [5, 5.41) is 7.30. The van der Waals surface area contributed by atoms with Gasteiger partial charge in [0.05, 0.1) is 0 Å². The highest BCUT2D eigenvalue weighted by molar-refractivity contribution is 6.30. The fraction of sp³-hybridized carbons (Fsp3) is 0.381. The first kappa shape index (κ1) is 16.5. The van der Waals surface area contributed by atoms with E-state index in [1.807, 2.05) is 24.3 Å². The van der Waals surface area contributed by atoms with Crippen LogP contribution in [0.4, 0.5) is 11.4 Å². The fourth-order valence-electron chi connectivity index (χ4n) is 4.45. The molecule has 1 amide bonds. The number of benzene rings is 2. The van der Waals surface area contributed by atoms with Crippen molar-refractivity contribution in [3.8, 4) is 0 Å². The number of carbonyl (C=O) groups is 1. The van der Waals surface area contributed by atoms with Crippen LogP contribution in [0.2, 0.25) is 5.02 Å². The maximum Gasteiger partial charge on any atom is 0.228 e. The van der Waals surface area contributed by atoms with Gasteiger partial charge < -0.3 is 10.6 Å². The predicted molar refractivity (Wildman–Crippen MR) is 103 cm³/mol. The van der Waals surface area contributed by atoms with Crippen LogP contribution in [0.1, 0.15) is 43.2 Å². The first-order chi connectivity index (χ1) is 12.2.